The highest BCUT2D eigenvalue weighted by Gasteiger charge is 1.67. The Balaban J connectivity index is 0. The summed E-state index contributed by atoms with van der Waals surface area (Å²) in [4.78, 5) is 0. The van der Waals surface area contributed by atoms with Crippen LogP contribution in [0.25, 0.3) is 0 Å². The third-order valence-corrected chi connectivity index (χ3v) is 1.22. The summed E-state index contributed by atoms with van der Waals surface area (Å²) in [5.41, 5.74) is 0. The lowest BCUT2D eigenvalue weighted by atomic mass is 11.0. The third kappa shape index (κ3) is 73.2. The van der Waals surface area contributed by atoms with E-state index in [0.29, 0.717) is 0 Å². The zero-order valence-corrected chi connectivity index (χ0v) is 7.09. The Morgan fingerprint density at radius 2 is 1.33 bits per heavy atom. The quantitative estimate of drug-likeness (QED) is 0.614. The molecule has 0 aliphatic rings. The van der Waals surface area contributed by atoms with Gasteiger partial charge in [-0.2, -0.15) is 11.8 Å². The molecular weight excluding hydrogens is 160 g/mol. The van der Waals surface area contributed by atoms with Crippen LogP contribution in [0.3, 0.4) is 0 Å². The lowest BCUT2D eigenvalue weighted by Gasteiger charge is -1.80. The number of rotatable bonds is 2. The Morgan fingerprint density at radius 3 is 1.33 bits per heavy atom. The van der Waals surface area contributed by atoms with Crippen molar-refractivity contribution in [2.24, 2.45) is 0 Å². The van der Waals surface area contributed by atoms with Gasteiger partial charge in [0.1, 0.15) is 0 Å². The molecule has 0 aromatic carbocycles. The van der Waals surface area contributed by atoms with Gasteiger partial charge in [0.15, 0.2) is 0 Å². The van der Waals surface area contributed by atoms with Crippen molar-refractivity contribution < 1.29 is 12.6 Å². The van der Waals surface area contributed by atoms with Crippen molar-refractivity contribution in [3.63, 3.8) is 0 Å². The maximum atomic E-state index is 8.44. The molecule has 0 radical (unpaired) electrons. The van der Waals surface area contributed by atoms with Crippen LogP contribution in [0.1, 0.15) is 13.8 Å². The first-order chi connectivity index (χ1) is 4.15. The molecule has 0 aliphatic heterocycles. The minimum Gasteiger partial charge on any atom is -0.163 e. The molecule has 5 heteroatoms. The highest BCUT2D eigenvalue weighted by atomic mass is 32.2. The van der Waals surface area contributed by atoms with Gasteiger partial charge in [-0.05, 0) is 11.5 Å². The minimum atomic E-state index is -3.11. The van der Waals surface area contributed by atoms with Crippen LogP contribution >= 0.6 is 11.8 Å². The van der Waals surface area contributed by atoms with Gasteiger partial charge < -0.3 is 0 Å². The van der Waals surface area contributed by atoms with Gasteiger partial charge in [0.2, 0.25) is 0 Å². The number of hydrogen-bond acceptors (Lipinski definition) is 4. The van der Waals surface area contributed by atoms with Crippen LogP contribution in [0.15, 0.2) is 0 Å². The van der Waals surface area contributed by atoms with Crippen molar-refractivity contribution in [3.8, 4) is 0 Å². The zero-order valence-electron chi connectivity index (χ0n) is 5.46. The maximum absolute atomic E-state index is 8.44. The van der Waals surface area contributed by atoms with E-state index in [1.165, 1.54) is 11.5 Å². The molecule has 3 nitrogen and oxygen atoms in total. The first-order valence-electron chi connectivity index (χ1n) is 2.49. The summed E-state index contributed by atoms with van der Waals surface area (Å²) in [6.07, 6.45) is 0. The fourth-order valence-corrected chi connectivity index (χ4v) is 0.612. The van der Waals surface area contributed by atoms with E-state index >= 15 is 0 Å². The molecule has 56 valence electrons. The molecule has 0 bridgehead atoms. The van der Waals surface area contributed by atoms with Crippen molar-refractivity contribution in [3.05, 3.63) is 0 Å². The van der Waals surface area contributed by atoms with Gasteiger partial charge in [0, 0.05) is 0 Å². The van der Waals surface area contributed by atoms with E-state index in [1.54, 1.807) is 0 Å². The van der Waals surface area contributed by atoms with Crippen molar-refractivity contribution >= 4 is 22.4 Å². The standard InChI is InChI=1S/C4H10S.O3S/c1-3-5-4-2;1-4(2)3/h3-4H2,1-2H3;. The maximum Gasteiger partial charge on any atom is 0.425 e. The Hall–Kier alpha value is -0.0300. The van der Waals surface area contributed by atoms with E-state index in [2.05, 4.69) is 13.8 Å². The van der Waals surface area contributed by atoms with Crippen molar-refractivity contribution in [1.82, 2.24) is 0 Å². The van der Waals surface area contributed by atoms with E-state index in [1.807, 2.05) is 11.8 Å². The predicted molar refractivity (Wildman–Crippen MR) is 38.4 cm³/mol. The molecule has 0 aromatic heterocycles. The van der Waals surface area contributed by atoms with Crippen LogP contribution in [0.5, 0.6) is 0 Å². The van der Waals surface area contributed by atoms with Gasteiger partial charge in [-0.25, -0.2) is 0 Å². The van der Waals surface area contributed by atoms with Crippen LogP contribution in [0.4, 0.5) is 0 Å². The first-order valence-corrected chi connectivity index (χ1v) is 4.65. The summed E-state index contributed by atoms with van der Waals surface area (Å²) >= 11 is 1.96. The second kappa shape index (κ2) is 10.9. The van der Waals surface area contributed by atoms with E-state index in [9.17, 15) is 0 Å². The van der Waals surface area contributed by atoms with Gasteiger partial charge in [0.05, 0.1) is 0 Å². The lowest BCUT2D eigenvalue weighted by Crippen LogP contribution is -1.64. The Kier molecular flexibility index (Phi) is 14.2. The molecule has 9 heavy (non-hydrogen) atoms. The smallest absolute Gasteiger partial charge is 0.163 e. The van der Waals surface area contributed by atoms with Gasteiger partial charge in [0.25, 0.3) is 0 Å². The summed E-state index contributed by atoms with van der Waals surface area (Å²) in [5.74, 6) is 2.52. The van der Waals surface area contributed by atoms with Crippen LogP contribution < -0.4 is 0 Å². The van der Waals surface area contributed by atoms with Crippen LogP contribution in [0, 0.1) is 0 Å². The topological polar surface area (TPSA) is 51.2 Å². The molecule has 0 spiro atoms. The molecule has 0 saturated carbocycles. The van der Waals surface area contributed by atoms with E-state index < -0.39 is 10.6 Å². The number of hydrogen-bond donors (Lipinski definition) is 0. The largest absolute Gasteiger partial charge is 0.425 e. The lowest BCUT2D eigenvalue weighted by molar-refractivity contribution is 0.559. The predicted octanol–water partition coefficient (Wildman–Crippen LogP) is 0.755. The molecule has 0 amide bonds. The third-order valence-electron chi connectivity index (χ3n) is 0.408. The molecule has 0 saturated heterocycles. The van der Waals surface area contributed by atoms with Crippen molar-refractivity contribution in [1.29, 1.82) is 0 Å². The average Bonchev–Trinajstić information content (AvgIpc) is 1.66. The summed E-state index contributed by atoms with van der Waals surface area (Å²) in [7, 11) is -3.11. The molecule has 0 fully saturated rings. The zero-order chi connectivity index (χ0) is 7.70. The summed E-state index contributed by atoms with van der Waals surface area (Å²) in [6, 6.07) is 0. The first kappa shape index (κ1) is 11.7. The average molecular weight is 170 g/mol. The monoisotopic (exact) mass is 170 g/mol. The Labute approximate surface area is 60.9 Å². The van der Waals surface area contributed by atoms with Gasteiger partial charge >= 0.3 is 10.6 Å². The molecule has 0 aromatic rings. The molecule has 0 N–H and O–H groups in total. The highest BCUT2D eigenvalue weighted by molar-refractivity contribution is 7.99. The van der Waals surface area contributed by atoms with Crippen LogP contribution in [0.2, 0.25) is 0 Å². The van der Waals surface area contributed by atoms with E-state index in [-0.39, 0.29) is 0 Å². The summed E-state index contributed by atoms with van der Waals surface area (Å²) < 4.78 is 25.3. The second-order valence-electron chi connectivity index (χ2n) is 0.986. The van der Waals surface area contributed by atoms with Crippen LogP contribution in [-0.2, 0) is 10.6 Å². The van der Waals surface area contributed by atoms with Gasteiger partial charge in [-0.3, -0.25) is 0 Å². The number of thioether (sulfide) groups is 1. The SMILES string of the molecule is CCSCC.O=S(=O)=O. The molecule has 0 aliphatic carbocycles. The van der Waals surface area contributed by atoms with Crippen molar-refractivity contribution in [2.75, 3.05) is 11.5 Å². The molecule has 0 rings (SSSR count). The molecular formula is C4H10O3S2. The van der Waals surface area contributed by atoms with Gasteiger partial charge in [-0.1, -0.05) is 13.8 Å². The summed E-state index contributed by atoms with van der Waals surface area (Å²) in [5, 5.41) is 0. The Bertz CT molecular complexity index is 114. The molecule has 0 atom stereocenters. The minimum absolute atomic E-state index is 1.26. The summed E-state index contributed by atoms with van der Waals surface area (Å²) in [6.45, 7) is 4.35. The van der Waals surface area contributed by atoms with Crippen LogP contribution in [-0.4, -0.2) is 24.1 Å². The van der Waals surface area contributed by atoms with Crippen molar-refractivity contribution in [2.45, 2.75) is 13.8 Å². The van der Waals surface area contributed by atoms with Gasteiger partial charge in [-0.15, -0.1) is 12.6 Å². The normalized spacial score (nSPS) is 7.33. The van der Waals surface area contributed by atoms with E-state index in [0.717, 1.165) is 0 Å². The fraction of sp³-hybridized carbons (Fsp3) is 1.00. The molecule has 0 unspecified atom stereocenters. The Morgan fingerprint density at radius 1 is 1.11 bits per heavy atom. The molecule has 0 heterocycles. The fourth-order valence-electron chi connectivity index (χ4n) is 0.204. The highest BCUT2D eigenvalue weighted by Crippen LogP contribution is 1.93. The van der Waals surface area contributed by atoms with E-state index in [4.69, 9.17) is 12.6 Å². The second-order valence-corrected chi connectivity index (χ2v) is 2.96.